The van der Waals surface area contributed by atoms with Gasteiger partial charge in [-0.3, -0.25) is 9.00 Å². The molecule has 0 radical (unpaired) electrons. The van der Waals surface area contributed by atoms with E-state index in [0.29, 0.717) is 18.7 Å². The summed E-state index contributed by atoms with van der Waals surface area (Å²) in [4.78, 5) is 12.6. The summed E-state index contributed by atoms with van der Waals surface area (Å²) in [7, 11) is -1.09. The fourth-order valence-electron chi connectivity index (χ4n) is 1.94. The summed E-state index contributed by atoms with van der Waals surface area (Å²) >= 11 is 3.35. The third kappa shape index (κ3) is 5.39. The lowest BCUT2D eigenvalue weighted by Gasteiger charge is -2.06. The number of carbonyl (C=O) groups is 1. The summed E-state index contributed by atoms with van der Waals surface area (Å²) in [5.41, 5.74) is 2.16. The minimum atomic E-state index is -1.09. The minimum Gasteiger partial charge on any atom is -0.355 e. The highest BCUT2D eigenvalue weighted by Crippen LogP contribution is 2.13. The highest BCUT2D eigenvalue weighted by Gasteiger charge is 2.06. The summed E-state index contributed by atoms with van der Waals surface area (Å²) in [6.07, 6.45) is 0.352. The number of benzene rings is 2. The second-order valence-electron chi connectivity index (χ2n) is 5.02. The Hall–Kier alpha value is -1.46. The molecule has 1 N–H and O–H groups in total. The fraction of sp³-hybridized carbons (Fsp3) is 0.235. The third-order valence-electron chi connectivity index (χ3n) is 3.17. The van der Waals surface area contributed by atoms with Gasteiger partial charge in [-0.2, -0.15) is 0 Å². The maximum atomic E-state index is 12.1. The largest absolute Gasteiger partial charge is 0.355 e. The Balaban J connectivity index is 1.75. The fourth-order valence-corrected chi connectivity index (χ4v) is 3.17. The van der Waals surface area contributed by atoms with Crippen LogP contribution in [0, 0.1) is 6.92 Å². The number of amides is 1. The van der Waals surface area contributed by atoms with Crippen molar-refractivity contribution in [3.63, 3.8) is 0 Å². The summed E-state index contributed by atoms with van der Waals surface area (Å²) in [5.74, 6) is 0.373. The van der Waals surface area contributed by atoms with Crippen molar-refractivity contribution in [1.82, 2.24) is 5.32 Å². The lowest BCUT2D eigenvalue weighted by molar-refractivity contribution is -0.120. The summed E-state index contributed by atoms with van der Waals surface area (Å²) in [6.45, 7) is 2.43. The molecule has 2 aromatic carbocycles. The average Bonchev–Trinajstić information content (AvgIpc) is 2.50. The number of nitrogens with one attached hydrogen (secondary N) is 1. The first kappa shape index (κ1) is 16.9. The Morgan fingerprint density at radius 1 is 1.09 bits per heavy atom. The molecule has 1 atom stereocenters. The first-order valence-electron chi connectivity index (χ1n) is 7.01. The Bertz CT molecular complexity index is 653. The molecule has 1 amide bonds. The van der Waals surface area contributed by atoms with Crippen LogP contribution in [0.3, 0.4) is 0 Å². The maximum Gasteiger partial charge on any atom is 0.224 e. The number of hydrogen-bond acceptors (Lipinski definition) is 2. The molecule has 0 aliphatic heterocycles. The van der Waals surface area contributed by atoms with Gasteiger partial charge in [0.1, 0.15) is 0 Å². The van der Waals surface area contributed by atoms with Gasteiger partial charge in [-0.1, -0.05) is 45.8 Å². The molecule has 0 aliphatic rings. The van der Waals surface area contributed by atoms with Crippen molar-refractivity contribution in [2.45, 2.75) is 18.2 Å². The molecular weight excluding hydrogens is 362 g/mol. The molecule has 0 spiro atoms. The zero-order chi connectivity index (χ0) is 15.9. The van der Waals surface area contributed by atoms with Crippen LogP contribution >= 0.6 is 15.9 Å². The molecule has 116 valence electrons. The van der Waals surface area contributed by atoms with Gasteiger partial charge in [0, 0.05) is 21.7 Å². The molecule has 2 aromatic rings. The van der Waals surface area contributed by atoms with Gasteiger partial charge in [-0.25, -0.2) is 0 Å². The van der Waals surface area contributed by atoms with Gasteiger partial charge in [0.2, 0.25) is 5.91 Å². The highest BCUT2D eigenvalue weighted by molar-refractivity contribution is 9.10. The number of aryl methyl sites for hydroxylation is 1. The smallest absolute Gasteiger partial charge is 0.224 e. The van der Waals surface area contributed by atoms with Gasteiger partial charge in [-0.05, 0) is 36.8 Å². The monoisotopic (exact) mass is 379 g/mol. The Morgan fingerprint density at radius 2 is 1.73 bits per heavy atom. The number of carbonyl (C=O) groups excluding carboxylic acids is 1. The van der Waals surface area contributed by atoms with Crippen molar-refractivity contribution in [3.05, 3.63) is 64.1 Å². The van der Waals surface area contributed by atoms with Crippen molar-refractivity contribution in [3.8, 4) is 0 Å². The number of hydrogen-bond donors (Lipinski definition) is 1. The van der Waals surface area contributed by atoms with Crippen LogP contribution in [0.15, 0.2) is 57.9 Å². The molecule has 1 unspecified atom stereocenters. The maximum absolute atomic E-state index is 12.1. The molecule has 0 fully saturated rings. The molecule has 0 aliphatic carbocycles. The molecule has 22 heavy (non-hydrogen) atoms. The lowest BCUT2D eigenvalue weighted by Crippen LogP contribution is -2.29. The Kier molecular flexibility index (Phi) is 6.34. The Labute approximate surface area is 141 Å². The van der Waals surface area contributed by atoms with Crippen LogP contribution in [0.2, 0.25) is 0 Å². The van der Waals surface area contributed by atoms with E-state index in [-0.39, 0.29) is 5.91 Å². The first-order valence-corrected chi connectivity index (χ1v) is 9.12. The predicted octanol–water partition coefficient (Wildman–Crippen LogP) is 3.22. The van der Waals surface area contributed by atoms with Gasteiger partial charge in [0.15, 0.2) is 0 Å². The second kappa shape index (κ2) is 8.25. The molecule has 2 rings (SSSR count). The SMILES string of the molecule is Cc1ccc(CC(=O)NCCS(=O)c2ccc(Br)cc2)cc1. The second-order valence-corrected chi connectivity index (χ2v) is 7.50. The first-order chi connectivity index (χ1) is 10.5. The molecular formula is C17H18BrNO2S. The van der Waals surface area contributed by atoms with Gasteiger partial charge in [-0.15, -0.1) is 0 Å². The van der Waals surface area contributed by atoms with E-state index in [1.807, 2.05) is 55.5 Å². The molecule has 0 aromatic heterocycles. The van der Waals surface area contributed by atoms with Crippen molar-refractivity contribution in [2.75, 3.05) is 12.3 Å². The van der Waals surface area contributed by atoms with Crippen LogP contribution < -0.4 is 5.32 Å². The van der Waals surface area contributed by atoms with Crippen LogP contribution in [0.25, 0.3) is 0 Å². The number of halogens is 1. The minimum absolute atomic E-state index is 0.0448. The molecule has 5 heteroatoms. The molecule has 0 saturated carbocycles. The zero-order valence-corrected chi connectivity index (χ0v) is 14.7. The van der Waals surface area contributed by atoms with E-state index >= 15 is 0 Å². The van der Waals surface area contributed by atoms with E-state index in [1.165, 1.54) is 5.56 Å². The molecule has 3 nitrogen and oxygen atoms in total. The molecule has 0 saturated heterocycles. The van der Waals surface area contributed by atoms with Crippen molar-refractivity contribution >= 4 is 32.6 Å². The number of rotatable bonds is 6. The van der Waals surface area contributed by atoms with Crippen molar-refractivity contribution < 1.29 is 9.00 Å². The zero-order valence-electron chi connectivity index (χ0n) is 12.3. The van der Waals surface area contributed by atoms with Crippen LogP contribution in [0.4, 0.5) is 0 Å². The van der Waals surface area contributed by atoms with E-state index in [1.54, 1.807) is 0 Å². The van der Waals surface area contributed by atoms with E-state index in [9.17, 15) is 9.00 Å². The normalized spacial score (nSPS) is 11.9. The van der Waals surface area contributed by atoms with Crippen molar-refractivity contribution in [1.29, 1.82) is 0 Å². The summed E-state index contributed by atoms with van der Waals surface area (Å²) in [6, 6.07) is 15.3. The van der Waals surface area contributed by atoms with E-state index in [4.69, 9.17) is 0 Å². The third-order valence-corrected chi connectivity index (χ3v) is 5.07. The van der Waals surface area contributed by atoms with Crippen LogP contribution in [0.5, 0.6) is 0 Å². The van der Waals surface area contributed by atoms with Crippen LogP contribution in [-0.2, 0) is 22.0 Å². The van der Waals surface area contributed by atoms with Crippen LogP contribution in [-0.4, -0.2) is 22.4 Å². The quantitative estimate of drug-likeness (QED) is 0.837. The summed E-state index contributed by atoms with van der Waals surface area (Å²) in [5, 5.41) is 2.82. The van der Waals surface area contributed by atoms with Crippen LogP contribution in [0.1, 0.15) is 11.1 Å². The van der Waals surface area contributed by atoms with Gasteiger partial charge >= 0.3 is 0 Å². The van der Waals surface area contributed by atoms with Gasteiger partial charge in [0.05, 0.1) is 17.2 Å². The van der Waals surface area contributed by atoms with E-state index in [0.717, 1.165) is 14.9 Å². The van der Waals surface area contributed by atoms with Gasteiger partial charge in [0.25, 0.3) is 0 Å². The standard InChI is InChI=1S/C17H18BrNO2S/c1-13-2-4-14(5-3-13)12-17(20)19-10-11-22(21)16-8-6-15(18)7-9-16/h2-9H,10-12H2,1H3,(H,19,20). The lowest BCUT2D eigenvalue weighted by atomic mass is 10.1. The van der Waals surface area contributed by atoms with E-state index in [2.05, 4.69) is 21.2 Å². The highest BCUT2D eigenvalue weighted by atomic mass is 79.9. The van der Waals surface area contributed by atoms with E-state index < -0.39 is 10.8 Å². The average molecular weight is 380 g/mol. The summed E-state index contributed by atoms with van der Waals surface area (Å²) < 4.78 is 13.0. The molecule has 0 bridgehead atoms. The Morgan fingerprint density at radius 3 is 2.36 bits per heavy atom. The predicted molar refractivity (Wildman–Crippen MR) is 93.3 cm³/mol. The molecule has 0 heterocycles. The van der Waals surface area contributed by atoms with Crippen molar-refractivity contribution in [2.24, 2.45) is 0 Å². The topological polar surface area (TPSA) is 46.2 Å². The van der Waals surface area contributed by atoms with Gasteiger partial charge < -0.3 is 5.32 Å².